The van der Waals surface area contributed by atoms with Gasteiger partial charge in [-0.15, -0.1) is 5.10 Å². The largest absolute Gasteiger partial charge is 0.296 e. The lowest BCUT2D eigenvalue weighted by Crippen LogP contribution is -2.20. The summed E-state index contributed by atoms with van der Waals surface area (Å²) in [5.41, 5.74) is 2.28. The van der Waals surface area contributed by atoms with Crippen LogP contribution in [-0.4, -0.2) is 21.3 Å². The van der Waals surface area contributed by atoms with Crippen molar-refractivity contribution in [1.29, 1.82) is 0 Å². The first-order chi connectivity index (χ1) is 10.5. The molecule has 1 aromatic heterocycles. The van der Waals surface area contributed by atoms with Gasteiger partial charge in [0.2, 0.25) is 0 Å². The van der Waals surface area contributed by atoms with Crippen molar-refractivity contribution in [3.63, 3.8) is 0 Å². The highest BCUT2D eigenvalue weighted by atomic mass is 16.1. The first-order valence-electron chi connectivity index (χ1n) is 7.36. The molecule has 0 amide bonds. The van der Waals surface area contributed by atoms with Crippen molar-refractivity contribution in [3.8, 4) is 0 Å². The van der Waals surface area contributed by atoms with Crippen LogP contribution >= 0.6 is 0 Å². The molecule has 0 unspecified atom stereocenters. The molecule has 0 bridgehead atoms. The fraction of sp³-hybridized carbons (Fsp3) is 0.278. The Labute approximate surface area is 129 Å². The number of benzene rings is 2. The van der Waals surface area contributed by atoms with Gasteiger partial charge >= 0.3 is 0 Å². The molecule has 0 spiro atoms. The summed E-state index contributed by atoms with van der Waals surface area (Å²) in [5.74, 6) is 0. The summed E-state index contributed by atoms with van der Waals surface area (Å²) in [6.45, 7) is 6.81. The SMILES string of the molecule is CC(C)(C)c1c(C=O)nnn1Cc1cccc2ccccc12. The third-order valence-corrected chi connectivity index (χ3v) is 3.78. The van der Waals surface area contributed by atoms with Crippen molar-refractivity contribution in [2.75, 3.05) is 0 Å². The molecule has 0 atom stereocenters. The third-order valence-electron chi connectivity index (χ3n) is 3.78. The number of hydrogen-bond acceptors (Lipinski definition) is 3. The van der Waals surface area contributed by atoms with Gasteiger partial charge in [-0.2, -0.15) is 0 Å². The number of aldehydes is 1. The van der Waals surface area contributed by atoms with Crippen LogP contribution in [0.15, 0.2) is 42.5 Å². The van der Waals surface area contributed by atoms with Gasteiger partial charge in [-0.05, 0) is 16.3 Å². The second-order valence-corrected chi connectivity index (χ2v) is 6.49. The van der Waals surface area contributed by atoms with E-state index in [0.717, 1.165) is 12.0 Å². The van der Waals surface area contributed by atoms with Gasteiger partial charge in [-0.25, -0.2) is 4.68 Å². The van der Waals surface area contributed by atoms with Gasteiger partial charge in [0.15, 0.2) is 6.29 Å². The molecule has 4 heteroatoms. The fourth-order valence-corrected chi connectivity index (χ4v) is 2.88. The van der Waals surface area contributed by atoms with E-state index in [0.29, 0.717) is 12.2 Å². The summed E-state index contributed by atoms with van der Waals surface area (Å²) < 4.78 is 1.84. The van der Waals surface area contributed by atoms with E-state index in [1.54, 1.807) is 0 Å². The van der Waals surface area contributed by atoms with Gasteiger partial charge in [0.25, 0.3) is 0 Å². The normalized spacial score (nSPS) is 11.8. The van der Waals surface area contributed by atoms with E-state index < -0.39 is 0 Å². The van der Waals surface area contributed by atoms with Crippen LogP contribution in [-0.2, 0) is 12.0 Å². The van der Waals surface area contributed by atoms with Crippen LogP contribution in [0.4, 0.5) is 0 Å². The zero-order valence-corrected chi connectivity index (χ0v) is 13.1. The Bertz CT molecular complexity index is 822. The minimum atomic E-state index is -0.190. The molecule has 0 fully saturated rings. The Morgan fingerprint density at radius 3 is 2.55 bits per heavy atom. The van der Waals surface area contributed by atoms with E-state index in [1.165, 1.54) is 16.3 Å². The average molecular weight is 293 g/mol. The fourth-order valence-electron chi connectivity index (χ4n) is 2.88. The van der Waals surface area contributed by atoms with Crippen molar-refractivity contribution < 1.29 is 4.79 Å². The quantitative estimate of drug-likeness (QED) is 0.693. The van der Waals surface area contributed by atoms with E-state index in [-0.39, 0.29) is 5.41 Å². The Morgan fingerprint density at radius 1 is 1.09 bits per heavy atom. The van der Waals surface area contributed by atoms with E-state index >= 15 is 0 Å². The highest BCUT2D eigenvalue weighted by Crippen LogP contribution is 2.26. The second-order valence-electron chi connectivity index (χ2n) is 6.49. The minimum Gasteiger partial charge on any atom is -0.296 e. The number of carbonyl (C=O) groups excluding carboxylic acids is 1. The number of hydrogen-bond donors (Lipinski definition) is 0. The van der Waals surface area contributed by atoms with Gasteiger partial charge < -0.3 is 0 Å². The lowest BCUT2D eigenvalue weighted by atomic mass is 9.90. The second kappa shape index (κ2) is 5.37. The van der Waals surface area contributed by atoms with Crippen LogP contribution in [0, 0.1) is 0 Å². The predicted molar refractivity (Wildman–Crippen MR) is 87.2 cm³/mol. The molecule has 22 heavy (non-hydrogen) atoms. The monoisotopic (exact) mass is 293 g/mol. The predicted octanol–water partition coefficient (Wildman–Crippen LogP) is 3.59. The van der Waals surface area contributed by atoms with Crippen molar-refractivity contribution in [2.24, 2.45) is 0 Å². The standard InChI is InChI=1S/C18H19N3O/c1-18(2,3)17-16(12-22)19-20-21(17)11-14-9-6-8-13-7-4-5-10-15(13)14/h4-10,12H,11H2,1-3H3. The van der Waals surface area contributed by atoms with Gasteiger partial charge in [0.05, 0.1) is 12.2 Å². The van der Waals surface area contributed by atoms with Crippen LogP contribution < -0.4 is 0 Å². The Morgan fingerprint density at radius 2 is 1.82 bits per heavy atom. The summed E-state index contributed by atoms with van der Waals surface area (Å²) in [4.78, 5) is 11.2. The number of nitrogens with zero attached hydrogens (tertiary/aromatic N) is 3. The molecule has 0 aliphatic rings. The Balaban J connectivity index is 2.10. The van der Waals surface area contributed by atoms with Crippen LogP contribution in [0.5, 0.6) is 0 Å². The van der Waals surface area contributed by atoms with Crippen molar-refractivity contribution >= 4 is 17.1 Å². The van der Waals surface area contributed by atoms with Crippen molar-refractivity contribution in [3.05, 3.63) is 59.4 Å². The van der Waals surface area contributed by atoms with E-state index in [1.807, 2.05) is 22.9 Å². The summed E-state index contributed by atoms with van der Waals surface area (Å²) >= 11 is 0. The third kappa shape index (κ3) is 2.52. The van der Waals surface area contributed by atoms with Crippen molar-refractivity contribution in [1.82, 2.24) is 15.0 Å². The molecule has 3 aromatic rings. The van der Waals surface area contributed by atoms with Crippen LogP contribution in [0.2, 0.25) is 0 Å². The zero-order chi connectivity index (χ0) is 15.7. The first kappa shape index (κ1) is 14.4. The molecule has 3 rings (SSSR count). The van der Waals surface area contributed by atoms with Gasteiger partial charge in [0, 0.05) is 5.41 Å². The van der Waals surface area contributed by atoms with E-state index in [4.69, 9.17) is 0 Å². The molecule has 0 aliphatic carbocycles. The molecule has 4 nitrogen and oxygen atoms in total. The molecule has 0 radical (unpaired) electrons. The van der Waals surface area contributed by atoms with Gasteiger partial charge in [0.1, 0.15) is 5.69 Å². The molecule has 112 valence electrons. The molecule has 0 saturated heterocycles. The molecule has 0 aliphatic heterocycles. The summed E-state index contributed by atoms with van der Waals surface area (Å²) in [6, 6.07) is 14.5. The lowest BCUT2D eigenvalue weighted by molar-refractivity contribution is 0.111. The highest BCUT2D eigenvalue weighted by Gasteiger charge is 2.25. The van der Waals surface area contributed by atoms with Crippen LogP contribution in [0.25, 0.3) is 10.8 Å². The molecule has 0 N–H and O–H groups in total. The van der Waals surface area contributed by atoms with Crippen LogP contribution in [0.1, 0.15) is 42.5 Å². The molecule has 1 heterocycles. The molecule has 0 saturated carbocycles. The van der Waals surface area contributed by atoms with E-state index in [2.05, 4.69) is 55.3 Å². The maximum absolute atomic E-state index is 11.2. The average Bonchev–Trinajstić information content (AvgIpc) is 2.90. The Kier molecular flexibility index (Phi) is 3.53. The maximum atomic E-state index is 11.2. The van der Waals surface area contributed by atoms with Crippen molar-refractivity contribution in [2.45, 2.75) is 32.7 Å². The first-order valence-corrected chi connectivity index (χ1v) is 7.36. The smallest absolute Gasteiger partial charge is 0.172 e. The number of carbonyl (C=O) groups is 1. The number of fused-ring (bicyclic) bond motifs is 1. The summed E-state index contributed by atoms with van der Waals surface area (Å²) in [6.07, 6.45) is 0.785. The maximum Gasteiger partial charge on any atom is 0.172 e. The minimum absolute atomic E-state index is 0.190. The zero-order valence-electron chi connectivity index (χ0n) is 13.1. The van der Waals surface area contributed by atoms with E-state index in [9.17, 15) is 4.79 Å². The van der Waals surface area contributed by atoms with Crippen LogP contribution in [0.3, 0.4) is 0 Å². The lowest BCUT2D eigenvalue weighted by Gasteiger charge is -2.20. The van der Waals surface area contributed by atoms with Gasteiger partial charge in [-0.1, -0.05) is 68.4 Å². The Hall–Kier alpha value is -2.49. The number of rotatable bonds is 3. The summed E-state index contributed by atoms with van der Waals surface area (Å²) in [7, 11) is 0. The topological polar surface area (TPSA) is 47.8 Å². The highest BCUT2D eigenvalue weighted by molar-refractivity contribution is 5.85. The molecular weight excluding hydrogens is 274 g/mol. The number of aromatic nitrogens is 3. The molecular formula is C18H19N3O. The van der Waals surface area contributed by atoms with Gasteiger partial charge in [-0.3, -0.25) is 4.79 Å². The summed E-state index contributed by atoms with van der Waals surface area (Å²) in [5, 5.41) is 10.6. The molecule has 2 aromatic carbocycles.